The molecule has 1 nitrogen and oxygen atoms in total. The first kappa shape index (κ1) is 12.8. The highest BCUT2D eigenvalue weighted by atomic mass is 16.5. The highest BCUT2D eigenvalue weighted by Crippen LogP contribution is 2.25. The van der Waals surface area contributed by atoms with Gasteiger partial charge < -0.3 is 4.74 Å². The lowest BCUT2D eigenvalue weighted by Gasteiger charge is -2.18. The minimum absolute atomic E-state index is 0.0268. The first-order valence-corrected chi connectivity index (χ1v) is 6.42. The molecule has 0 fully saturated rings. The molecule has 93 valence electrons. The van der Waals surface area contributed by atoms with Crippen LogP contribution in [0, 0.1) is 6.92 Å². The average Bonchev–Trinajstić information content (AvgIpc) is 2.46. The maximum Gasteiger partial charge on any atom is 0.108 e. The summed E-state index contributed by atoms with van der Waals surface area (Å²) in [4.78, 5) is 0. The van der Waals surface area contributed by atoms with Gasteiger partial charge in [0.15, 0.2) is 0 Å². The van der Waals surface area contributed by atoms with Crippen molar-refractivity contribution in [3.8, 4) is 0 Å². The largest absolute Gasteiger partial charge is 0.369 e. The summed E-state index contributed by atoms with van der Waals surface area (Å²) in [6.45, 7) is 4.60. The molecule has 0 spiro atoms. The third-order valence-electron chi connectivity index (χ3n) is 2.88. The van der Waals surface area contributed by atoms with E-state index >= 15 is 0 Å². The zero-order valence-corrected chi connectivity index (χ0v) is 10.6. The Balaban J connectivity index is 2.18. The molecule has 0 saturated heterocycles. The third-order valence-corrected chi connectivity index (χ3v) is 2.88. The van der Waals surface area contributed by atoms with E-state index in [1.54, 1.807) is 0 Å². The van der Waals surface area contributed by atoms with Crippen LogP contribution < -0.4 is 0 Å². The molecule has 0 aromatic heterocycles. The molecular weight excluding hydrogens is 220 g/mol. The van der Waals surface area contributed by atoms with Gasteiger partial charge in [0.25, 0.3) is 0 Å². The standard InChI is InChI=1S/C17H19O/c1-2-3-14-18-17(15-10-6-4-7-11-15)16-12-8-5-9-13-16/h4-13,17H,1-3,14H2. The number of unbranched alkanes of at least 4 members (excludes halogenated alkanes) is 1. The van der Waals surface area contributed by atoms with E-state index in [2.05, 4.69) is 55.5 Å². The summed E-state index contributed by atoms with van der Waals surface area (Å²) in [7, 11) is 0. The third kappa shape index (κ3) is 3.44. The smallest absolute Gasteiger partial charge is 0.108 e. The van der Waals surface area contributed by atoms with Crippen molar-refractivity contribution in [3.05, 3.63) is 78.7 Å². The highest BCUT2D eigenvalue weighted by molar-refractivity contribution is 5.29. The molecule has 18 heavy (non-hydrogen) atoms. The SMILES string of the molecule is [CH2]CCCOC(c1ccccc1)c1ccccc1. The molecule has 1 heteroatoms. The summed E-state index contributed by atoms with van der Waals surface area (Å²) in [6.07, 6.45) is 1.94. The van der Waals surface area contributed by atoms with E-state index in [-0.39, 0.29) is 6.10 Å². The van der Waals surface area contributed by atoms with Gasteiger partial charge in [-0.05, 0) is 17.5 Å². The fourth-order valence-corrected chi connectivity index (χ4v) is 1.94. The lowest BCUT2D eigenvalue weighted by atomic mass is 10.0. The summed E-state index contributed by atoms with van der Waals surface area (Å²) in [5.41, 5.74) is 2.40. The molecule has 0 atom stereocenters. The van der Waals surface area contributed by atoms with Crippen molar-refractivity contribution >= 4 is 0 Å². The Kier molecular flexibility index (Phi) is 4.98. The summed E-state index contributed by atoms with van der Waals surface area (Å²) in [6, 6.07) is 20.7. The van der Waals surface area contributed by atoms with Gasteiger partial charge in [0.2, 0.25) is 0 Å². The van der Waals surface area contributed by atoms with E-state index in [4.69, 9.17) is 4.74 Å². The van der Waals surface area contributed by atoms with Gasteiger partial charge in [-0.1, -0.05) is 74.0 Å². The van der Waals surface area contributed by atoms with Crippen LogP contribution in [0.3, 0.4) is 0 Å². The molecule has 0 aliphatic rings. The second-order valence-corrected chi connectivity index (χ2v) is 4.28. The van der Waals surface area contributed by atoms with Crippen LogP contribution in [-0.4, -0.2) is 6.61 Å². The monoisotopic (exact) mass is 239 g/mol. The molecule has 0 amide bonds. The van der Waals surface area contributed by atoms with Crippen LogP contribution in [0.15, 0.2) is 60.7 Å². The molecule has 0 N–H and O–H groups in total. The zero-order valence-electron chi connectivity index (χ0n) is 10.6. The normalized spacial score (nSPS) is 10.8. The lowest BCUT2D eigenvalue weighted by Crippen LogP contribution is -2.07. The van der Waals surface area contributed by atoms with Crippen molar-refractivity contribution in [2.24, 2.45) is 0 Å². The van der Waals surface area contributed by atoms with E-state index < -0.39 is 0 Å². The Labute approximate surface area is 109 Å². The predicted molar refractivity (Wildman–Crippen MR) is 75.3 cm³/mol. The van der Waals surface area contributed by atoms with Gasteiger partial charge in [-0.25, -0.2) is 0 Å². The maximum atomic E-state index is 6.01. The first-order chi connectivity index (χ1) is 8.92. The summed E-state index contributed by atoms with van der Waals surface area (Å²) < 4.78 is 6.01. The lowest BCUT2D eigenvalue weighted by molar-refractivity contribution is 0.0786. The zero-order chi connectivity index (χ0) is 12.6. The van der Waals surface area contributed by atoms with Crippen LogP contribution in [0.25, 0.3) is 0 Å². The second-order valence-electron chi connectivity index (χ2n) is 4.28. The van der Waals surface area contributed by atoms with E-state index in [0.717, 1.165) is 19.4 Å². The van der Waals surface area contributed by atoms with Gasteiger partial charge in [-0.15, -0.1) is 0 Å². The van der Waals surface area contributed by atoms with Crippen LogP contribution in [0.2, 0.25) is 0 Å². The summed E-state index contributed by atoms with van der Waals surface area (Å²) >= 11 is 0. The molecule has 2 aromatic rings. The fraction of sp³-hybridized carbons (Fsp3) is 0.235. The molecule has 2 rings (SSSR count). The molecule has 0 heterocycles. The molecular formula is C17H19O. The average molecular weight is 239 g/mol. The van der Waals surface area contributed by atoms with Crippen LogP contribution in [-0.2, 0) is 4.74 Å². The summed E-state index contributed by atoms with van der Waals surface area (Å²) in [5.74, 6) is 0. The number of benzene rings is 2. The number of ether oxygens (including phenoxy) is 1. The van der Waals surface area contributed by atoms with Crippen LogP contribution >= 0.6 is 0 Å². The Morgan fingerprint density at radius 1 is 0.833 bits per heavy atom. The quantitative estimate of drug-likeness (QED) is 0.679. The van der Waals surface area contributed by atoms with Crippen molar-refractivity contribution in [2.75, 3.05) is 6.61 Å². The van der Waals surface area contributed by atoms with Crippen molar-refractivity contribution in [1.82, 2.24) is 0 Å². The number of hydrogen-bond donors (Lipinski definition) is 0. The van der Waals surface area contributed by atoms with Gasteiger partial charge in [0.1, 0.15) is 6.10 Å². The molecule has 0 aliphatic heterocycles. The Morgan fingerprint density at radius 2 is 1.33 bits per heavy atom. The van der Waals surface area contributed by atoms with Crippen LogP contribution in [0.5, 0.6) is 0 Å². The molecule has 2 aromatic carbocycles. The van der Waals surface area contributed by atoms with Crippen LogP contribution in [0.1, 0.15) is 30.1 Å². The van der Waals surface area contributed by atoms with E-state index in [0.29, 0.717) is 0 Å². The Hall–Kier alpha value is -1.60. The minimum atomic E-state index is 0.0268. The molecule has 0 saturated carbocycles. The summed E-state index contributed by atoms with van der Waals surface area (Å²) in [5, 5.41) is 0. The molecule has 0 aliphatic carbocycles. The topological polar surface area (TPSA) is 9.23 Å². The number of rotatable bonds is 6. The Bertz CT molecular complexity index is 396. The van der Waals surface area contributed by atoms with Crippen molar-refractivity contribution in [1.29, 1.82) is 0 Å². The van der Waals surface area contributed by atoms with Crippen molar-refractivity contribution < 1.29 is 4.74 Å². The van der Waals surface area contributed by atoms with E-state index in [1.165, 1.54) is 11.1 Å². The van der Waals surface area contributed by atoms with E-state index in [1.807, 2.05) is 12.1 Å². The fourth-order valence-electron chi connectivity index (χ4n) is 1.94. The van der Waals surface area contributed by atoms with Gasteiger partial charge in [0.05, 0.1) is 0 Å². The van der Waals surface area contributed by atoms with Gasteiger partial charge in [-0.3, -0.25) is 0 Å². The minimum Gasteiger partial charge on any atom is -0.369 e. The number of hydrogen-bond acceptors (Lipinski definition) is 1. The molecule has 0 unspecified atom stereocenters. The van der Waals surface area contributed by atoms with Gasteiger partial charge in [0, 0.05) is 6.61 Å². The van der Waals surface area contributed by atoms with Gasteiger partial charge >= 0.3 is 0 Å². The second kappa shape index (κ2) is 6.97. The van der Waals surface area contributed by atoms with Crippen LogP contribution in [0.4, 0.5) is 0 Å². The van der Waals surface area contributed by atoms with E-state index in [9.17, 15) is 0 Å². The van der Waals surface area contributed by atoms with Crippen molar-refractivity contribution in [3.63, 3.8) is 0 Å². The Morgan fingerprint density at radius 3 is 1.78 bits per heavy atom. The molecule has 0 bridgehead atoms. The molecule has 1 radical (unpaired) electrons. The van der Waals surface area contributed by atoms with Crippen molar-refractivity contribution in [2.45, 2.75) is 18.9 Å². The maximum absolute atomic E-state index is 6.01. The highest BCUT2D eigenvalue weighted by Gasteiger charge is 2.13. The predicted octanol–water partition coefficient (Wildman–Crippen LogP) is 4.41. The first-order valence-electron chi connectivity index (χ1n) is 6.42. The van der Waals surface area contributed by atoms with Gasteiger partial charge in [-0.2, -0.15) is 0 Å².